The Hall–Kier alpha value is -1.65. The molecule has 0 fully saturated rings. The third-order valence-electron chi connectivity index (χ3n) is 2.68. The van der Waals surface area contributed by atoms with Crippen LogP contribution in [0.15, 0.2) is 30.8 Å². The maximum absolute atomic E-state index is 5.55. The summed E-state index contributed by atoms with van der Waals surface area (Å²) in [6.45, 7) is 0.349. The van der Waals surface area contributed by atoms with Crippen LogP contribution in [0.5, 0.6) is 0 Å². The van der Waals surface area contributed by atoms with E-state index >= 15 is 0 Å². The highest BCUT2D eigenvalue weighted by Crippen LogP contribution is 2.26. The molecule has 10 heteroatoms. The molecule has 3 aromatic heterocycles. The number of hydrogen-bond acceptors (Lipinski definition) is 8. The normalized spacial score (nSPS) is 11.2. The van der Waals surface area contributed by atoms with Crippen molar-refractivity contribution in [1.82, 2.24) is 25.0 Å². The molecular formula is C11H11BrN6O2S. The number of nitrogens with two attached hydrogens (primary N) is 1. The lowest BCUT2D eigenvalue weighted by Gasteiger charge is -1.99. The van der Waals surface area contributed by atoms with Crippen LogP contribution < -0.4 is 5.73 Å². The van der Waals surface area contributed by atoms with Crippen molar-refractivity contribution in [2.24, 2.45) is 12.8 Å². The van der Waals surface area contributed by atoms with Gasteiger partial charge in [0.2, 0.25) is 5.89 Å². The smallest absolute Gasteiger partial charge is 0.283 e. The number of halogens is 1. The maximum Gasteiger partial charge on any atom is 0.283 e. The summed E-state index contributed by atoms with van der Waals surface area (Å²) in [4.78, 5) is 0. The molecule has 8 nitrogen and oxygen atoms in total. The molecule has 0 aliphatic heterocycles. The Balaban J connectivity index is 1.68. The van der Waals surface area contributed by atoms with Crippen molar-refractivity contribution >= 4 is 27.7 Å². The summed E-state index contributed by atoms with van der Waals surface area (Å²) in [6.07, 6.45) is 0. The Bertz CT molecular complexity index is 752. The molecule has 21 heavy (non-hydrogen) atoms. The minimum absolute atomic E-state index is 0.344. The van der Waals surface area contributed by atoms with Gasteiger partial charge in [-0.1, -0.05) is 11.8 Å². The van der Waals surface area contributed by atoms with Gasteiger partial charge in [0, 0.05) is 7.05 Å². The van der Waals surface area contributed by atoms with Crippen molar-refractivity contribution in [2.45, 2.75) is 17.5 Å². The molecule has 0 unspecified atom stereocenters. The van der Waals surface area contributed by atoms with E-state index in [2.05, 4.69) is 36.3 Å². The van der Waals surface area contributed by atoms with Crippen LogP contribution in [-0.2, 0) is 19.3 Å². The van der Waals surface area contributed by atoms with Gasteiger partial charge in [0.25, 0.3) is 5.89 Å². The van der Waals surface area contributed by atoms with Crippen molar-refractivity contribution in [1.29, 1.82) is 0 Å². The number of aromatic nitrogens is 5. The molecule has 0 saturated carbocycles. The van der Waals surface area contributed by atoms with Gasteiger partial charge in [0.05, 0.1) is 12.3 Å². The van der Waals surface area contributed by atoms with Crippen LogP contribution >= 0.6 is 27.7 Å². The van der Waals surface area contributed by atoms with Crippen LogP contribution in [0, 0.1) is 0 Å². The number of furan rings is 1. The molecule has 3 heterocycles. The second kappa shape index (κ2) is 6.00. The van der Waals surface area contributed by atoms with Crippen LogP contribution in [0.3, 0.4) is 0 Å². The summed E-state index contributed by atoms with van der Waals surface area (Å²) in [6, 6.07) is 3.52. The van der Waals surface area contributed by atoms with E-state index in [4.69, 9.17) is 14.6 Å². The van der Waals surface area contributed by atoms with E-state index in [0.29, 0.717) is 34.5 Å². The molecule has 0 bridgehead atoms. The van der Waals surface area contributed by atoms with Crippen molar-refractivity contribution in [3.05, 3.63) is 28.5 Å². The molecule has 110 valence electrons. The molecular weight excluding hydrogens is 360 g/mol. The molecule has 0 aliphatic rings. The third-order valence-corrected chi connectivity index (χ3v) is 4.11. The second-order valence-corrected chi connectivity index (χ2v) is 5.78. The monoisotopic (exact) mass is 370 g/mol. The fraction of sp³-hybridized carbons (Fsp3) is 0.273. The molecule has 0 amide bonds. The summed E-state index contributed by atoms with van der Waals surface area (Å²) in [5.41, 5.74) is 5.55. The van der Waals surface area contributed by atoms with Gasteiger partial charge < -0.3 is 19.1 Å². The molecule has 0 aliphatic carbocycles. The third kappa shape index (κ3) is 3.01. The highest BCUT2D eigenvalue weighted by molar-refractivity contribution is 9.10. The Morgan fingerprint density at radius 3 is 2.76 bits per heavy atom. The summed E-state index contributed by atoms with van der Waals surface area (Å²) < 4.78 is 13.3. The Kier molecular flexibility index (Phi) is 4.08. The Labute approximate surface area is 132 Å². The SMILES string of the molecule is Cn1c(CN)nnc1SCc1nnc(-c2ccc(Br)o2)o1. The summed E-state index contributed by atoms with van der Waals surface area (Å²) in [5, 5.41) is 16.7. The Morgan fingerprint density at radius 2 is 2.10 bits per heavy atom. The van der Waals surface area contributed by atoms with Gasteiger partial charge in [-0.15, -0.1) is 20.4 Å². The second-order valence-electron chi connectivity index (χ2n) is 4.06. The first-order valence-corrected chi connectivity index (χ1v) is 7.74. The highest BCUT2D eigenvalue weighted by atomic mass is 79.9. The number of nitrogens with zero attached hydrogens (tertiary/aromatic N) is 5. The fourth-order valence-electron chi connectivity index (χ4n) is 1.62. The average Bonchev–Trinajstić information content (AvgIpc) is 3.17. The Morgan fingerprint density at radius 1 is 1.24 bits per heavy atom. The minimum atomic E-state index is 0.344. The zero-order chi connectivity index (χ0) is 14.8. The predicted octanol–water partition coefficient (Wildman–Crippen LogP) is 1.97. The molecule has 0 aromatic carbocycles. The average molecular weight is 371 g/mol. The molecule has 3 aromatic rings. The molecule has 2 N–H and O–H groups in total. The molecule has 0 saturated heterocycles. The van der Waals surface area contributed by atoms with E-state index < -0.39 is 0 Å². The molecule has 3 rings (SSSR count). The standard InChI is InChI=1S/C11H11BrN6O2S/c1-18-8(4-13)14-17-11(18)21-5-9-15-16-10(20-9)6-2-3-7(12)19-6/h2-3H,4-5,13H2,1H3. The first-order chi connectivity index (χ1) is 10.2. The van der Waals surface area contributed by atoms with Gasteiger partial charge in [0.15, 0.2) is 15.6 Å². The molecule has 0 spiro atoms. The first kappa shape index (κ1) is 14.3. The lowest BCUT2D eigenvalue weighted by Crippen LogP contribution is -2.05. The maximum atomic E-state index is 5.55. The largest absolute Gasteiger partial charge is 0.444 e. The van der Waals surface area contributed by atoms with Crippen LogP contribution in [0.1, 0.15) is 11.7 Å². The quantitative estimate of drug-likeness (QED) is 0.678. The number of thioether (sulfide) groups is 1. The summed E-state index contributed by atoms with van der Waals surface area (Å²) in [7, 11) is 1.87. The van der Waals surface area contributed by atoms with Crippen molar-refractivity contribution in [2.75, 3.05) is 0 Å². The number of hydrogen-bond donors (Lipinski definition) is 1. The summed E-state index contributed by atoms with van der Waals surface area (Å²) >= 11 is 4.67. The van der Waals surface area contributed by atoms with Gasteiger partial charge in [-0.3, -0.25) is 0 Å². The lowest BCUT2D eigenvalue weighted by atomic mass is 10.5. The molecule has 0 radical (unpaired) electrons. The first-order valence-electron chi connectivity index (χ1n) is 5.96. The van der Waals surface area contributed by atoms with E-state index in [1.807, 2.05) is 11.6 Å². The number of rotatable bonds is 5. The fourth-order valence-corrected chi connectivity index (χ4v) is 2.69. The zero-order valence-electron chi connectivity index (χ0n) is 11.0. The van der Waals surface area contributed by atoms with Crippen LogP contribution in [0.2, 0.25) is 0 Å². The van der Waals surface area contributed by atoms with Gasteiger partial charge >= 0.3 is 0 Å². The van der Waals surface area contributed by atoms with E-state index in [1.54, 1.807) is 12.1 Å². The molecule has 0 atom stereocenters. The van der Waals surface area contributed by atoms with E-state index in [-0.39, 0.29) is 0 Å². The van der Waals surface area contributed by atoms with Gasteiger partial charge in [0.1, 0.15) is 5.82 Å². The lowest BCUT2D eigenvalue weighted by molar-refractivity contribution is 0.486. The highest BCUT2D eigenvalue weighted by Gasteiger charge is 2.14. The van der Waals surface area contributed by atoms with E-state index in [9.17, 15) is 0 Å². The predicted molar refractivity (Wildman–Crippen MR) is 78.2 cm³/mol. The van der Waals surface area contributed by atoms with Crippen LogP contribution in [-0.4, -0.2) is 25.0 Å². The minimum Gasteiger partial charge on any atom is -0.444 e. The van der Waals surface area contributed by atoms with Gasteiger partial charge in [-0.2, -0.15) is 0 Å². The van der Waals surface area contributed by atoms with Crippen LogP contribution in [0.25, 0.3) is 11.7 Å². The summed E-state index contributed by atoms with van der Waals surface area (Å²) in [5.74, 6) is 2.57. The zero-order valence-corrected chi connectivity index (χ0v) is 13.4. The van der Waals surface area contributed by atoms with Crippen molar-refractivity contribution in [3.8, 4) is 11.7 Å². The van der Waals surface area contributed by atoms with Crippen molar-refractivity contribution < 1.29 is 8.83 Å². The van der Waals surface area contributed by atoms with Gasteiger partial charge in [-0.05, 0) is 28.1 Å². The van der Waals surface area contributed by atoms with E-state index in [1.165, 1.54) is 11.8 Å². The van der Waals surface area contributed by atoms with E-state index in [0.717, 1.165) is 11.0 Å². The van der Waals surface area contributed by atoms with Gasteiger partial charge in [-0.25, -0.2) is 0 Å². The van der Waals surface area contributed by atoms with Crippen molar-refractivity contribution in [3.63, 3.8) is 0 Å². The topological polar surface area (TPSA) is 109 Å². The van der Waals surface area contributed by atoms with Crippen LogP contribution in [0.4, 0.5) is 0 Å².